The summed E-state index contributed by atoms with van der Waals surface area (Å²) in [6.07, 6.45) is 2.81. The molecular formula is C18H14FIO5. The van der Waals surface area contributed by atoms with Crippen molar-refractivity contribution in [1.82, 2.24) is 0 Å². The Hall–Kier alpha value is -2.42. The Morgan fingerprint density at radius 1 is 1.08 bits per heavy atom. The first-order chi connectivity index (χ1) is 11.9. The molecule has 2 rings (SSSR count). The molecule has 0 bridgehead atoms. The van der Waals surface area contributed by atoms with Crippen LogP contribution in [0.5, 0.6) is 11.5 Å². The molecule has 0 aliphatic heterocycles. The molecule has 0 spiro atoms. The van der Waals surface area contributed by atoms with E-state index >= 15 is 0 Å². The summed E-state index contributed by atoms with van der Waals surface area (Å²) in [5.41, 5.74) is 0.914. The molecule has 0 radical (unpaired) electrons. The van der Waals surface area contributed by atoms with Crippen LogP contribution < -0.4 is 9.47 Å². The molecule has 0 atom stereocenters. The van der Waals surface area contributed by atoms with Crippen molar-refractivity contribution < 1.29 is 28.2 Å². The molecule has 2 aromatic carbocycles. The number of halogens is 2. The van der Waals surface area contributed by atoms with Crippen molar-refractivity contribution in [3.8, 4) is 11.5 Å². The highest BCUT2D eigenvalue weighted by molar-refractivity contribution is 14.1. The van der Waals surface area contributed by atoms with E-state index in [1.165, 1.54) is 38.5 Å². The van der Waals surface area contributed by atoms with E-state index < -0.39 is 17.8 Å². The van der Waals surface area contributed by atoms with Gasteiger partial charge in [0, 0.05) is 9.65 Å². The summed E-state index contributed by atoms with van der Waals surface area (Å²) in [4.78, 5) is 23.4. The highest BCUT2D eigenvalue weighted by Gasteiger charge is 2.16. The standard InChI is InChI=1S/C18H14FIO5/c1-23-16-9-11(4-8-17(21)24-2)3-7-15(16)25-18(22)13-6-5-12(19)10-14(13)20/h3-10H,1-2H3/b8-4+. The molecule has 0 aromatic heterocycles. The lowest BCUT2D eigenvalue weighted by atomic mass is 10.2. The summed E-state index contributed by atoms with van der Waals surface area (Å²) >= 11 is 1.86. The van der Waals surface area contributed by atoms with Crippen molar-refractivity contribution in [3.63, 3.8) is 0 Å². The number of carbonyl (C=O) groups excluding carboxylic acids is 2. The number of rotatable bonds is 5. The maximum Gasteiger partial charge on any atom is 0.344 e. The number of carbonyl (C=O) groups is 2. The number of methoxy groups -OCH3 is 2. The minimum Gasteiger partial charge on any atom is -0.493 e. The number of ether oxygens (including phenoxy) is 3. The third-order valence-electron chi connectivity index (χ3n) is 3.15. The summed E-state index contributed by atoms with van der Waals surface area (Å²) in [5, 5.41) is 0. The normalized spacial score (nSPS) is 10.6. The number of esters is 2. The molecule has 7 heteroatoms. The zero-order valence-corrected chi connectivity index (χ0v) is 15.6. The van der Waals surface area contributed by atoms with Gasteiger partial charge in [-0.1, -0.05) is 6.07 Å². The Kier molecular flexibility index (Phi) is 6.51. The second kappa shape index (κ2) is 8.61. The van der Waals surface area contributed by atoms with Gasteiger partial charge in [-0.15, -0.1) is 0 Å². The average Bonchev–Trinajstić information content (AvgIpc) is 2.60. The van der Waals surface area contributed by atoms with Gasteiger partial charge < -0.3 is 14.2 Å². The fourth-order valence-corrected chi connectivity index (χ4v) is 2.61. The lowest BCUT2D eigenvalue weighted by Gasteiger charge is -2.11. The van der Waals surface area contributed by atoms with Crippen LogP contribution >= 0.6 is 22.6 Å². The zero-order valence-electron chi connectivity index (χ0n) is 13.4. The fraction of sp³-hybridized carbons (Fsp3) is 0.111. The quantitative estimate of drug-likeness (QED) is 0.296. The van der Waals surface area contributed by atoms with E-state index in [0.717, 1.165) is 0 Å². The number of benzene rings is 2. The van der Waals surface area contributed by atoms with E-state index in [9.17, 15) is 14.0 Å². The first kappa shape index (κ1) is 18.9. The molecule has 130 valence electrons. The molecule has 0 N–H and O–H groups in total. The smallest absolute Gasteiger partial charge is 0.344 e. The van der Waals surface area contributed by atoms with Gasteiger partial charge in [0.2, 0.25) is 0 Å². The predicted octanol–water partition coefficient (Wildman–Crippen LogP) is 3.84. The van der Waals surface area contributed by atoms with Crippen molar-refractivity contribution in [2.45, 2.75) is 0 Å². The van der Waals surface area contributed by atoms with E-state index in [2.05, 4.69) is 4.74 Å². The maximum absolute atomic E-state index is 13.1. The second-order valence-corrected chi connectivity index (χ2v) is 5.94. The lowest BCUT2D eigenvalue weighted by Crippen LogP contribution is -2.11. The molecule has 0 aliphatic rings. The Morgan fingerprint density at radius 3 is 2.48 bits per heavy atom. The van der Waals surface area contributed by atoms with Crippen molar-refractivity contribution in [2.75, 3.05) is 14.2 Å². The Bertz CT molecular complexity index is 832. The summed E-state index contributed by atoms with van der Waals surface area (Å²) in [6.45, 7) is 0. The van der Waals surface area contributed by atoms with Crippen LogP contribution in [0.4, 0.5) is 4.39 Å². The number of hydrogen-bond donors (Lipinski definition) is 0. The van der Waals surface area contributed by atoms with Gasteiger partial charge in [-0.2, -0.15) is 0 Å². The van der Waals surface area contributed by atoms with Gasteiger partial charge in [0.15, 0.2) is 11.5 Å². The van der Waals surface area contributed by atoms with Crippen molar-refractivity contribution in [2.24, 2.45) is 0 Å². The predicted molar refractivity (Wildman–Crippen MR) is 98.1 cm³/mol. The Labute approximate surface area is 157 Å². The van der Waals surface area contributed by atoms with Crippen LogP contribution in [0.15, 0.2) is 42.5 Å². The molecule has 5 nitrogen and oxygen atoms in total. The first-order valence-electron chi connectivity index (χ1n) is 7.06. The van der Waals surface area contributed by atoms with Gasteiger partial charge in [-0.05, 0) is 64.6 Å². The third-order valence-corrected chi connectivity index (χ3v) is 4.05. The van der Waals surface area contributed by atoms with Gasteiger partial charge in [0.05, 0.1) is 19.8 Å². The molecular weight excluding hydrogens is 442 g/mol. The summed E-state index contributed by atoms with van der Waals surface area (Å²) in [6, 6.07) is 8.60. The van der Waals surface area contributed by atoms with Gasteiger partial charge in [-0.25, -0.2) is 14.0 Å². The van der Waals surface area contributed by atoms with Crippen molar-refractivity contribution >= 4 is 40.6 Å². The minimum absolute atomic E-state index is 0.211. The Balaban J connectivity index is 2.23. The molecule has 0 saturated carbocycles. The van der Waals surface area contributed by atoms with Gasteiger partial charge >= 0.3 is 11.9 Å². The summed E-state index contributed by atoms with van der Waals surface area (Å²) < 4.78 is 28.7. The summed E-state index contributed by atoms with van der Waals surface area (Å²) in [7, 11) is 2.72. The van der Waals surface area contributed by atoms with Crippen LogP contribution in [0.1, 0.15) is 15.9 Å². The van der Waals surface area contributed by atoms with Crippen LogP contribution in [0, 0.1) is 9.39 Å². The van der Waals surface area contributed by atoms with Crippen LogP contribution in [-0.4, -0.2) is 26.2 Å². The SMILES string of the molecule is COC(=O)/C=C/c1ccc(OC(=O)c2ccc(F)cc2I)c(OC)c1. The third kappa shape index (κ3) is 5.02. The molecule has 25 heavy (non-hydrogen) atoms. The fourth-order valence-electron chi connectivity index (χ4n) is 1.91. The molecule has 0 unspecified atom stereocenters. The van der Waals surface area contributed by atoms with Gasteiger partial charge in [0.1, 0.15) is 5.82 Å². The van der Waals surface area contributed by atoms with E-state index in [4.69, 9.17) is 9.47 Å². The molecule has 0 saturated heterocycles. The maximum atomic E-state index is 13.1. The monoisotopic (exact) mass is 456 g/mol. The van der Waals surface area contributed by atoms with Gasteiger partial charge in [0.25, 0.3) is 0 Å². The van der Waals surface area contributed by atoms with Crippen LogP contribution in [0.3, 0.4) is 0 Å². The highest BCUT2D eigenvalue weighted by atomic mass is 127. The summed E-state index contributed by atoms with van der Waals surface area (Å²) in [5.74, 6) is -1.01. The highest BCUT2D eigenvalue weighted by Crippen LogP contribution is 2.30. The minimum atomic E-state index is -0.624. The van der Waals surface area contributed by atoms with E-state index in [0.29, 0.717) is 14.9 Å². The van der Waals surface area contributed by atoms with E-state index in [1.54, 1.807) is 24.3 Å². The second-order valence-electron chi connectivity index (χ2n) is 4.78. The average molecular weight is 456 g/mol. The molecule has 0 heterocycles. The van der Waals surface area contributed by atoms with Crippen molar-refractivity contribution in [3.05, 3.63) is 63.0 Å². The van der Waals surface area contributed by atoms with Crippen LogP contribution in [0.2, 0.25) is 0 Å². The van der Waals surface area contributed by atoms with E-state index in [1.807, 2.05) is 22.6 Å². The van der Waals surface area contributed by atoms with Crippen LogP contribution in [-0.2, 0) is 9.53 Å². The lowest BCUT2D eigenvalue weighted by molar-refractivity contribution is -0.134. The molecule has 0 aliphatic carbocycles. The van der Waals surface area contributed by atoms with Crippen molar-refractivity contribution in [1.29, 1.82) is 0 Å². The zero-order chi connectivity index (χ0) is 18.4. The first-order valence-corrected chi connectivity index (χ1v) is 8.13. The van der Waals surface area contributed by atoms with Crippen LogP contribution in [0.25, 0.3) is 6.08 Å². The largest absolute Gasteiger partial charge is 0.493 e. The molecule has 2 aromatic rings. The molecule has 0 fully saturated rings. The number of hydrogen-bond acceptors (Lipinski definition) is 5. The molecule has 0 amide bonds. The van der Waals surface area contributed by atoms with E-state index in [-0.39, 0.29) is 11.3 Å². The topological polar surface area (TPSA) is 61.8 Å². The van der Waals surface area contributed by atoms with Gasteiger partial charge in [-0.3, -0.25) is 0 Å². The Morgan fingerprint density at radius 2 is 1.84 bits per heavy atom.